The monoisotopic (exact) mass is 332 g/mol. The van der Waals surface area contributed by atoms with Crippen molar-refractivity contribution < 1.29 is 103 Å². The average Bonchev–Trinajstić information content (AvgIpc) is 2.53. The second kappa shape index (κ2) is 8.68. The van der Waals surface area contributed by atoms with Crippen molar-refractivity contribution in [1.29, 1.82) is 0 Å². The summed E-state index contributed by atoms with van der Waals surface area (Å²) in [6, 6.07) is 27.9. The van der Waals surface area contributed by atoms with Crippen molar-refractivity contribution in [1.82, 2.24) is 0 Å². The Balaban J connectivity index is 0.000000882. The van der Waals surface area contributed by atoms with Gasteiger partial charge in [-0.15, -0.1) is 72.1 Å². The molecule has 1 aliphatic carbocycles. The van der Waals surface area contributed by atoms with E-state index in [2.05, 4.69) is 85.3 Å². The summed E-state index contributed by atoms with van der Waals surface area (Å²) in [4.78, 5) is 0. The summed E-state index contributed by atoms with van der Waals surface area (Å²) < 4.78 is 0. The predicted molar refractivity (Wildman–Crippen MR) is 82.4 cm³/mol. The summed E-state index contributed by atoms with van der Waals surface area (Å²) in [5.41, 5.74) is 6.51. The SMILES string of the molecule is [K+].[K+].c1ccc([C-]2c3ccccc3[CH-]c3ccccc32)cc1. The van der Waals surface area contributed by atoms with Gasteiger partial charge in [0.25, 0.3) is 0 Å². The van der Waals surface area contributed by atoms with Crippen molar-refractivity contribution in [3.63, 3.8) is 0 Å². The largest absolute Gasteiger partial charge is 1.00 e. The molecule has 96 valence electrons. The standard InChI is InChI=1S/C20H14.2K/c1-2-8-15(9-3-1)20-18-12-6-4-10-16(18)14-17-11-5-7-13-19(17)20;;/h1-14H;;/q-2;2*+1. The molecule has 4 rings (SSSR count). The fourth-order valence-corrected chi connectivity index (χ4v) is 2.93. The van der Waals surface area contributed by atoms with Gasteiger partial charge in [-0.1, -0.05) is 18.2 Å². The van der Waals surface area contributed by atoms with Crippen LogP contribution in [-0.4, -0.2) is 0 Å². The molecule has 0 saturated carbocycles. The van der Waals surface area contributed by atoms with E-state index in [-0.39, 0.29) is 103 Å². The molecule has 0 unspecified atom stereocenters. The van der Waals surface area contributed by atoms with Crippen LogP contribution in [0.15, 0.2) is 78.9 Å². The summed E-state index contributed by atoms with van der Waals surface area (Å²) in [6.07, 6.45) is 2.27. The molecule has 0 atom stereocenters. The Labute approximate surface area is 217 Å². The molecule has 0 amide bonds. The molecular formula is C20H14K2. The summed E-state index contributed by atoms with van der Waals surface area (Å²) in [6.45, 7) is 0. The third-order valence-electron chi connectivity index (χ3n) is 3.83. The summed E-state index contributed by atoms with van der Waals surface area (Å²) in [5.74, 6) is 1.33. The van der Waals surface area contributed by atoms with Crippen molar-refractivity contribution in [2.75, 3.05) is 0 Å². The first kappa shape index (κ1) is 19.0. The number of hydrogen-bond donors (Lipinski definition) is 0. The third-order valence-corrected chi connectivity index (χ3v) is 3.83. The Morgan fingerprint density at radius 1 is 0.545 bits per heavy atom. The molecule has 0 N–H and O–H groups in total. The topological polar surface area (TPSA) is 0 Å². The van der Waals surface area contributed by atoms with E-state index < -0.39 is 0 Å². The molecule has 0 heterocycles. The van der Waals surface area contributed by atoms with Gasteiger partial charge < -0.3 is 0 Å². The van der Waals surface area contributed by atoms with Crippen molar-refractivity contribution in [3.05, 3.63) is 119 Å². The van der Waals surface area contributed by atoms with Crippen LogP contribution in [0.3, 0.4) is 0 Å². The van der Waals surface area contributed by atoms with Crippen LogP contribution >= 0.6 is 0 Å². The van der Waals surface area contributed by atoms with E-state index in [1.807, 2.05) is 0 Å². The van der Waals surface area contributed by atoms with E-state index in [4.69, 9.17) is 0 Å². The van der Waals surface area contributed by atoms with Gasteiger partial charge >= 0.3 is 103 Å². The van der Waals surface area contributed by atoms with Crippen LogP contribution < -0.4 is 103 Å². The van der Waals surface area contributed by atoms with Gasteiger partial charge in [0.1, 0.15) is 0 Å². The predicted octanol–water partition coefficient (Wildman–Crippen LogP) is -1.37. The van der Waals surface area contributed by atoms with Gasteiger partial charge in [-0.25, -0.2) is 0 Å². The molecule has 2 heteroatoms. The van der Waals surface area contributed by atoms with E-state index in [9.17, 15) is 0 Å². The molecule has 0 aliphatic heterocycles. The number of benzene rings is 3. The van der Waals surface area contributed by atoms with E-state index in [0.717, 1.165) is 0 Å². The molecule has 0 spiro atoms. The summed E-state index contributed by atoms with van der Waals surface area (Å²) in [5, 5.41) is 0. The van der Waals surface area contributed by atoms with Gasteiger partial charge in [0, 0.05) is 0 Å². The maximum absolute atomic E-state index is 2.27. The molecule has 1 aliphatic rings. The van der Waals surface area contributed by atoms with Gasteiger partial charge in [0.15, 0.2) is 0 Å². The van der Waals surface area contributed by atoms with Crippen LogP contribution in [0.5, 0.6) is 0 Å². The van der Waals surface area contributed by atoms with Crippen molar-refractivity contribution in [2.45, 2.75) is 0 Å². The molecule has 3 aromatic carbocycles. The minimum absolute atomic E-state index is 0. The minimum atomic E-state index is 0. The zero-order valence-electron chi connectivity index (χ0n) is 13.1. The van der Waals surface area contributed by atoms with Crippen molar-refractivity contribution in [3.8, 4) is 0 Å². The van der Waals surface area contributed by atoms with E-state index in [1.165, 1.54) is 33.7 Å². The van der Waals surface area contributed by atoms with Crippen LogP contribution in [0.1, 0.15) is 27.8 Å². The smallest absolute Gasteiger partial charge is 0.174 e. The van der Waals surface area contributed by atoms with Crippen LogP contribution in [0.2, 0.25) is 0 Å². The van der Waals surface area contributed by atoms with Gasteiger partial charge in [-0.05, 0) is 0 Å². The number of fused-ring (bicyclic) bond motifs is 2. The first-order chi connectivity index (χ1) is 9.93. The second-order valence-electron chi connectivity index (χ2n) is 5.06. The minimum Gasteiger partial charge on any atom is -0.174 e. The van der Waals surface area contributed by atoms with E-state index >= 15 is 0 Å². The molecule has 0 fully saturated rings. The Morgan fingerprint density at radius 3 is 1.55 bits per heavy atom. The van der Waals surface area contributed by atoms with Gasteiger partial charge in [0.05, 0.1) is 0 Å². The van der Waals surface area contributed by atoms with Crippen molar-refractivity contribution in [2.24, 2.45) is 0 Å². The molecule has 0 radical (unpaired) electrons. The zero-order chi connectivity index (χ0) is 13.4. The Kier molecular flexibility index (Phi) is 7.49. The van der Waals surface area contributed by atoms with Crippen LogP contribution in [0.4, 0.5) is 0 Å². The molecular weight excluding hydrogens is 318 g/mol. The van der Waals surface area contributed by atoms with E-state index in [1.54, 1.807) is 0 Å². The van der Waals surface area contributed by atoms with Crippen LogP contribution in [-0.2, 0) is 0 Å². The Bertz CT molecular complexity index is 705. The van der Waals surface area contributed by atoms with Gasteiger partial charge in [-0.3, -0.25) is 0 Å². The maximum Gasteiger partial charge on any atom is 1.00 e. The molecule has 3 aromatic rings. The first-order valence-electron chi connectivity index (χ1n) is 6.89. The Morgan fingerprint density at radius 2 is 1.00 bits per heavy atom. The van der Waals surface area contributed by atoms with Gasteiger partial charge in [-0.2, -0.15) is 28.7 Å². The molecule has 0 bridgehead atoms. The second-order valence-corrected chi connectivity index (χ2v) is 5.06. The summed E-state index contributed by atoms with van der Waals surface area (Å²) >= 11 is 0. The Hall–Kier alpha value is 0.673. The van der Waals surface area contributed by atoms with Crippen LogP contribution in [0.25, 0.3) is 0 Å². The zero-order valence-corrected chi connectivity index (χ0v) is 19.3. The van der Waals surface area contributed by atoms with Gasteiger partial charge in [0.2, 0.25) is 0 Å². The fraction of sp³-hybridized carbons (Fsp3) is 0. The van der Waals surface area contributed by atoms with Crippen LogP contribution in [0, 0.1) is 12.3 Å². The summed E-state index contributed by atoms with van der Waals surface area (Å²) in [7, 11) is 0. The number of rotatable bonds is 1. The third kappa shape index (κ3) is 3.67. The van der Waals surface area contributed by atoms with E-state index in [0.29, 0.717) is 0 Å². The molecule has 22 heavy (non-hydrogen) atoms. The molecule has 0 saturated heterocycles. The normalized spacial score (nSPS) is 11.2. The quantitative estimate of drug-likeness (QED) is 0.298. The molecule has 0 nitrogen and oxygen atoms in total. The fourth-order valence-electron chi connectivity index (χ4n) is 2.93. The average molecular weight is 333 g/mol. The number of hydrogen-bond acceptors (Lipinski definition) is 0. The molecule has 0 aromatic heterocycles. The first-order valence-corrected chi connectivity index (χ1v) is 6.89. The maximum atomic E-state index is 2.27. The van der Waals surface area contributed by atoms with Crippen molar-refractivity contribution >= 4 is 0 Å².